The lowest BCUT2D eigenvalue weighted by molar-refractivity contribution is -0.141. The van der Waals surface area contributed by atoms with E-state index in [0.29, 0.717) is 16.6 Å². The van der Waals surface area contributed by atoms with Gasteiger partial charge in [-0.25, -0.2) is 19.2 Å². The van der Waals surface area contributed by atoms with Gasteiger partial charge in [0, 0.05) is 30.5 Å². The first-order chi connectivity index (χ1) is 19.8. The summed E-state index contributed by atoms with van der Waals surface area (Å²) in [6.07, 6.45) is 0.715. The monoisotopic (exact) mass is 553 g/mol. The first-order valence-corrected chi connectivity index (χ1v) is 13.1. The molecule has 0 radical (unpaired) electrons. The van der Waals surface area contributed by atoms with E-state index in [2.05, 4.69) is 10.6 Å². The van der Waals surface area contributed by atoms with Crippen molar-refractivity contribution in [1.82, 2.24) is 14.8 Å². The molecule has 5 N–H and O–H groups in total. The number of nitrogens with zero attached hydrogens (tertiary/aromatic N) is 2. The van der Waals surface area contributed by atoms with Crippen LogP contribution in [-0.2, 0) is 9.53 Å². The van der Waals surface area contributed by atoms with Gasteiger partial charge in [0.15, 0.2) is 0 Å². The van der Waals surface area contributed by atoms with Crippen LogP contribution >= 0.6 is 0 Å². The molecule has 208 valence electrons. The minimum absolute atomic E-state index is 0.00991. The highest BCUT2D eigenvalue weighted by Crippen LogP contribution is 2.44. The van der Waals surface area contributed by atoms with Crippen LogP contribution in [0.3, 0.4) is 0 Å². The van der Waals surface area contributed by atoms with E-state index in [-0.39, 0.29) is 25.5 Å². The van der Waals surface area contributed by atoms with Gasteiger partial charge in [-0.1, -0.05) is 66.7 Å². The highest BCUT2D eigenvalue weighted by Gasteiger charge is 2.41. The Bertz CT molecular complexity index is 1650. The smallest absolute Gasteiger partial charge is 0.407 e. The molecule has 0 saturated carbocycles. The zero-order chi connectivity index (χ0) is 28.7. The lowest BCUT2D eigenvalue weighted by atomic mass is 9.98. The summed E-state index contributed by atoms with van der Waals surface area (Å²) >= 11 is 0. The maximum absolute atomic E-state index is 13.2. The van der Waals surface area contributed by atoms with Gasteiger partial charge in [-0.3, -0.25) is 4.57 Å². The molecule has 4 amide bonds. The first kappa shape index (κ1) is 25.9. The fourth-order valence-corrected chi connectivity index (χ4v) is 5.85. The predicted molar refractivity (Wildman–Crippen MR) is 151 cm³/mol. The number of carboxylic acids is 1. The van der Waals surface area contributed by atoms with Crippen LogP contribution in [0.5, 0.6) is 0 Å². The Balaban J connectivity index is 1.12. The molecule has 0 spiro atoms. The number of benzene rings is 3. The number of carbonyl (C=O) groups is 4. The zero-order valence-electron chi connectivity index (χ0n) is 21.8. The maximum Gasteiger partial charge on any atom is 0.407 e. The van der Waals surface area contributed by atoms with Gasteiger partial charge in [0.1, 0.15) is 12.6 Å². The van der Waals surface area contributed by atoms with E-state index in [1.165, 1.54) is 10.8 Å². The number of primary amides is 1. The summed E-state index contributed by atoms with van der Waals surface area (Å²) in [6.45, 7) is 0.0739. The van der Waals surface area contributed by atoms with Crippen LogP contribution in [0, 0.1) is 0 Å². The fourth-order valence-electron chi connectivity index (χ4n) is 5.85. The molecule has 4 aromatic rings. The Morgan fingerprint density at radius 2 is 1.56 bits per heavy atom. The van der Waals surface area contributed by atoms with Crippen LogP contribution in [0.4, 0.5) is 20.1 Å². The fraction of sp³-hybridized carbons (Fsp3) is 0.200. The number of aliphatic carboxylic acids is 1. The third kappa shape index (κ3) is 4.71. The molecule has 1 saturated heterocycles. The Morgan fingerprint density at radius 1 is 0.927 bits per heavy atom. The van der Waals surface area contributed by atoms with Crippen molar-refractivity contribution in [2.75, 3.05) is 18.5 Å². The van der Waals surface area contributed by atoms with E-state index in [1.54, 1.807) is 24.3 Å². The van der Waals surface area contributed by atoms with E-state index in [1.807, 2.05) is 48.5 Å². The molecule has 1 fully saturated rings. The van der Waals surface area contributed by atoms with Crippen LogP contribution < -0.4 is 16.4 Å². The van der Waals surface area contributed by atoms with Crippen LogP contribution in [-0.4, -0.2) is 63.9 Å². The second-order valence-electron chi connectivity index (χ2n) is 10.1. The summed E-state index contributed by atoms with van der Waals surface area (Å²) in [5.74, 6) is -1.31. The molecule has 3 aromatic carbocycles. The zero-order valence-corrected chi connectivity index (χ0v) is 21.8. The van der Waals surface area contributed by atoms with Crippen molar-refractivity contribution in [3.8, 4) is 11.1 Å². The number of rotatable bonds is 5. The molecular formula is C30H27N5O6. The third-order valence-corrected chi connectivity index (χ3v) is 7.70. The van der Waals surface area contributed by atoms with Crippen LogP contribution in [0.1, 0.15) is 23.5 Å². The SMILES string of the molecule is NC(=O)n1cc(NC(=O)N2C[C@@H](NC(=O)OCC3c4ccccc4-c4ccccc43)C[C@H]2C(=O)O)c2ccccc21. The lowest BCUT2D eigenvalue weighted by Crippen LogP contribution is -2.43. The number of fused-ring (bicyclic) bond motifs is 4. The van der Waals surface area contributed by atoms with Gasteiger partial charge in [0.2, 0.25) is 0 Å². The van der Waals surface area contributed by atoms with Gasteiger partial charge in [-0.2, -0.15) is 0 Å². The summed E-state index contributed by atoms with van der Waals surface area (Å²) in [6, 6.07) is 19.6. The first-order valence-electron chi connectivity index (χ1n) is 13.1. The molecule has 2 atom stereocenters. The van der Waals surface area contributed by atoms with Crippen molar-refractivity contribution in [2.45, 2.75) is 24.4 Å². The van der Waals surface area contributed by atoms with Crippen LogP contribution in [0.2, 0.25) is 0 Å². The van der Waals surface area contributed by atoms with Gasteiger partial charge >= 0.3 is 24.1 Å². The normalized spacial score (nSPS) is 17.6. The number of nitrogens with one attached hydrogen (secondary N) is 2. The molecule has 6 rings (SSSR count). The Morgan fingerprint density at radius 3 is 2.22 bits per heavy atom. The lowest BCUT2D eigenvalue weighted by Gasteiger charge is -2.21. The number of alkyl carbamates (subject to hydrolysis) is 1. The van der Waals surface area contributed by atoms with E-state index in [9.17, 15) is 24.3 Å². The molecule has 11 nitrogen and oxygen atoms in total. The molecule has 41 heavy (non-hydrogen) atoms. The molecule has 0 unspecified atom stereocenters. The molecule has 2 aliphatic rings. The van der Waals surface area contributed by atoms with Crippen molar-refractivity contribution >= 4 is 40.7 Å². The number of nitrogens with two attached hydrogens (primary N) is 1. The predicted octanol–water partition coefficient (Wildman–Crippen LogP) is 4.17. The van der Waals surface area contributed by atoms with Gasteiger partial charge in [-0.05, 0) is 28.3 Å². The quantitative estimate of drug-likeness (QED) is 0.291. The number of aromatic nitrogens is 1. The average Bonchev–Trinajstić information content (AvgIpc) is 3.65. The maximum atomic E-state index is 13.2. The number of carboxylic acid groups (broad SMARTS) is 1. The summed E-state index contributed by atoms with van der Waals surface area (Å²) in [7, 11) is 0. The minimum atomic E-state index is -1.20. The van der Waals surface area contributed by atoms with Crippen LogP contribution in [0.15, 0.2) is 79.0 Å². The van der Waals surface area contributed by atoms with E-state index in [4.69, 9.17) is 10.5 Å². The third-order valence-electron chi connectivity index (χ3n) is 7.70. The summed E-state index contributed by atoms with van der Waals surface area (Å²) < 4.78 is 6.80. The van der Waals surface area contributed by atoms with Gasteiger partial charge in [0.05, 0.1) is 17.2 Å². The van der Waals surface area contributed by atoms with Gasteiger partial charge < -0.3 is 31.1 Å². The second-order valence-corrected chi connectivity index (χ2v) is 10.1. The summed E-state index contributed by atoms with van der Waals surface area (Å²) in [4.78, 5) is 51.0. The number of hydrogen-bond acceptors (Lipinski definition) is 5. The average molecular weight is 554 g/mol. The highest BCUT2D eigenvalue weighted by atomic mass is 16.5. The standard InChI is InChI=1S/C30H27N5O6/c31-28(38)34-15-24(22-11-5-6-12-25(22)34)33-29(39)35-14-17(13-26(35)27(36)37)32-30(40)41-16-23-20-9-3-1-7-18(20)19-8-2-4-10-21(19)23/h1-12,15,17,23,26H,13-14,16H2,(H2,31,38)(H,32,40)(H,33,39)(H,36,37)/t17-,26-/m0/s1. The summed E-state index contributed by atoms with van der Waals surface area (Å²) in [5, 5.41) is 15.8. The Labute approximate surface area is 234 Å². The molecular weight excluding hydrogens is 526 g/mol. The van der Waals surface area contributed by atoms with Crippen LogP contribution in [0.25, 0.3) is 22.0 Å². The van der Waals surface area contributed by atoms with E-state index in [0.717, 1.165) is 27.2 Å². The number of likely N-dealkylation sites (tertiary alicyclic amines) is 1. The summed E-state index contributed by atoms with van der Waals surface area (Å²) in [5.41, 5.74) is 10.6. The van der Waals surface area contributed by atoms with E-state index >= 15 is 0 Å². The number of carbonyl (C=O) groups excluding carboxylic acids is 3. The van der Waals surface area contributed by atoms with Crippen molar-refractivity contribution in [3.05, 3.63) is 90.1 Å². The highest BCUT2D eigenvalue weighted by molar-refractivity contribution is 6.05. The number of ether oxygens (including phenoxy) is 1. The largest absolute Gasteiger partial charge is 0.480 e. The Kier molecular flexibility index (Phi) is 6.54. The Hall–Kier alpha value is -5.32. The van der Waals surface area contributed by atoms with E-state index < -0.39 is 36.2 Å². The van der Waals surface area contributed by atoms with Crippen molar-refractivity contribution < 1.29 is 29.0 Å². The van der Waals surface area contributed by atoms with Gasteiger partial charge in [0.25, 0.3) is 0 Å². The van der Waals surface area contributed by atoms with Crippen molar-refractivity contribution in [1.29, 1.82) is 0 Å². The minimum Gasteiger partial charge on any atom is -0.480 e. The number of urea groups is 1. The number of amides is 4. The second kappa shape index (κ2) is 10.3. The molecule has 1 aliphatic carbocycles. The molecule has 11 heteroatoms. The number of hydrogen-bond donors (Lipinski definition) is 4. The van der Waals surface area contributed by atoms with Crippen molar-refractivity contribution in [3.63, 3.8) is 0 Å². The number of para-hydroxylation sites is 1. The molecule has 1 aromatic heterocycles. The topological polar surface area (TPSA) is 156 Å². The molecule has 1 aliphatic heterocycles. The molecule has 2 heterocycles. The number of anilines is 1. The molecule has 0 bridgehead atoms. The van der Waals surface area contributed by atoms with Gasteiger partial charge in [-0.15, -0.1) is 0 Å². The van der Waals surface area contributed by atoms with Crippen molar-refractivity contribution in [2.24, 2.45) is 5.73 Å².